The Balaban J connectivity index is -0.0000000356. The van der Waals surface area contributed by atoms with Crippen LogP contribution in [-0.4, -0.2) is 71.1 Å². The molecule has 37 heavy (non-hydrogen) atoms. The van der Waals surface area contributed by atoms with Crippen LogP contribution in [0.25, 0.3) is 0 Å². The van der Waals surface area contributed by atoms with E-state index in [1.54, 1.807) is 0 Å². The molecule has 1 rings (SSSR count). The quantitative estimate of drug-likeness (QED) is 0.0857. The van der Waals surface area contributed by atoms with Gasteiger partial charge in [0.15, 0.2) is 0 Å². The van der Waals surface area contributed by atoms with Crippen LogP contribution < -0.4 is 180 Å². The predicted octanol–water partition coefficient (Wildman–Crippen LogP) is -12.2. The van der Waals surface area contributed by atoms with Crippen LogP contribution in [0.3, 0.4) is 0 Å². The van der Waals surface area contributed by atoms with Crippen molar-refractivity contribution in [3.05, 3.63) is 0 Å². The van der Waals surface area contributed by atoms with Gasteiger partial charge in [-0.15, -0.1) is 0 Å². The van der Waals surface area contributed by atoms with Gasteiger partial charge in [-0.2, -0.15) is 0 Å². The van der Waals surface area contributed by atoms with E-state index in [9.17, 15) is 0 Å². The van der Waals surface area contributed by atoms with Gasteiger partial charge in [0.2, 0.25) is 0 Å². The molecule has 0 aromatic heterocycles. The summed E-state index contributed by atoms with van der Waals surface area (Å²) in [5.74, 6) is -3.33. The van der Waals surface area contributed by atoms with Gasteiger partial charge in [0.1, 0.15) is 0 Å². The molecule has 0 aromatic carbocycles. The first-order valence-electron chi connectivity index (χ1n) is 8.54. The second-order valence-corrected chi connectivity index (χ2v) is 7.57. The topological polar surface area (TPSA) is 365 Å². The third-order valence-electron chi connectivity index (χ3n) is 1.87. The minimum atomic E-state index is -5.14. The van der Waals surface area contributed by atoms with Gasteiger partial charge >= 0.3 is 154 Å². The Hall–Kier alpha value is 2.93. The monoisotopic (exact) mass is 664 g/mol. The SMILES string of the molecule is CC(=O)O.CC(=O)O.CC(=O)O.CC(=O)O.NC1CCCCC1N.O=P([O-])(O)O.O=P([O-])([O-])O.[K+].[K+].[K+]. The second-order valence-electron chi connectivity index (χ2n) is 5.65. The van der Waals surface area contributed by atoms with Crippen molar-refractivity contribution >= 4 is 39.5 Å². The molecule has 2 atom stereocenters. The Morgan fingerprint density at radius 2 is 0.703 bits per heavy atom. The maximum atomic E-state index is 9.00. The first-order chi connectivity index (χ1) is 14.7. The van der Waals surface area contributed by atoms with Gasteiger partial charge in [0.05, 0.1) is 7.82 Å². The van der Waals surface area contributed by atoms with Crippen molar-refractivity contribution in [2.75, 3.05) is 0 Å². The van der Waals surface area contributed by atoms with Gasteiger partial charge in [-0.3, -0.25) is 23.7 Å². The maximum absolute atomic E-state index is 9.00. The van der Waals surface area contributed by atoms with Crippen LogP contribution in [-0.2, 0) is 28.3 Å². The van der Waals surface area contributed by atoms with Gasteiger partial charge in [-0.05, 0) is 12.8 Å². The summed E-state index contributed by atoms with van der Waals surface area (Å²) in [7, 11) is -10.0. The molecule has 2 unspecified atom stereocenters. The summed E-state index contributed by atoms with van der Waals surface area (Å²) >= 11 is 0. The fourth-order valence-corrected chi connectivity index (χ4v) is 1.19. The van der Waals surface area contributed by atoms with Gasteiger partial charge < -0.3 is 65.8 Å². The van der Waals surface area contributed by atoms with E-state index in [4.69, 9.17) is 89.6 Å². The smallest absolute Gasteiger partial charge is 0.790 e. The number of carbonyl (C=O) groups is 4. The third kappa shape index (κ3) is 274. The maximum Gasteiger partial charge on any atom is 1.00 e. The largest absolute Gasteiger partial charge is 1.00 e. The van der Waals surface area contributed by atoms with E-state index in [-0.39, 0.29) is 166 Å². The summed E-state index contributed by atoms with van der Waals surface area (Å²) < 4.78 is 17.4. The Morgan fingerprint density at radius 1 is 0.622 bits per heavy atom. The molecule has 18 nitrogen and oxygen atoms in total. The zero-order valence-electron chi connectivity index (χ0n) is 21.8. The minimum Gasteiger partial charge on any atom is -0.790 e. The predicted molar refractivity (Wildman–Crippen MR) is 110 cm³/mol. The number of aliphatic carboxylic acids is 4. The van der Waals surface area contributed by atoms with Crippen molar-refractivity contribution in [3.8, 4) is 0 Å². The molecule has 0 heterocycles. The van der Waals surface area contributed by atoms with E-state index < -0.39 is 39.5 Å². The number of rotatable bonds is 0. The average molecular weight is 665 g/mol. The number of nitrogens with two attached hydrogens (primary N) is 2. The van der Waals surface area contributed by atoms with Crippen LogP contribution in [0.4, 0.5) is 0 Å². The molecule has 0 aromatic rings. The molecule has 1 aliphatic rings. The molecule has 0 radical (unpaired) electrons. The molecule has 23 heteroatoms. The summed E-state index contributed by atoms with van der Waals surface area (Å²) in [4.78, 5) is 83.2. The van der Waals surface area contributed by atoms with Crippen molar-refractivity contribution in [3.63, 3.8) is 0 Å². The van der Waals surface area contributed by atoms with Crippen molar-refractivity contribution in [2.24, 2.45) is 11.5 Å². The summed E-state index contributed by atoms with van der Waals surface area (Å²) in [6, 6.07) is 0.562. The van der Waals surface area contributed by atoms with Crippen molar-refractivity contribution in [2.45, 2.75) is 65.5 Å². The first-order valence-corrected chi connectivity index (χ1v) is 11.6. The van der Waals surface area contributed by atoms with Crippen molar-refractivity contribution in [1.82, 2.24) is 0 Å². The van der Waals surface area contributed by atoms with Crippen LogP contribution in [0.1, 0.15) is 53.4 Å². The first kappa shape index (κ1) is 63.3. The van der Waals surface area contributed by atoms with E-state index in [0.29, 0.717) is 0 Å². The van der Waals surface area contributed by atoms with E-state index in [1.165, 1.54) is 12.8 Å². The van der Waals surface area contributed by atoms with Gasteiger partial charge in [-0.25, -0.2) is 0 Å². The third-order valence-corrected chi connectivity index (χ3v) is 1.87. The number of phosphoric acid groups is 2. The van der Waals surface area contributed by atoms with Gasteiger partial charge in [-0.1, -0.05) is 12.8 Å². The molecule has 1 saturated carbocycles. The summed E-state index contributed by atoms with van der Waals surface area (Å²) in [5.41, 5.74) is 11.3. The summed E-state index contributed by atoms with van der Waals surface area (Å²) in [5, 5.41) is 29.7. The van der Waals surface area contributed by atoms with E-state index in [1.807, 2.05) is 0 Å². The second kappa shape index (κ2) is 41.1. The molecule has 0 bridgehead atoms. The molecule has 1 fully saturated rings. The molecule has 0 saturated heterocycles. The van der Waals surface area contributed by atoms with Gasteiger partial charge in [0.25, 0.3) is 31.7 Å². The molecule has 11 N–H and O–H groups in total. The van der Waals surface area contributed by atoms with Crippen LogP contribution in [0.2, 0.25) is 0 Å². The molecule has 208 valence electrons. The van der Waals surface area contributed by atoms with E-state index >= 15 is 0 Å². The fourth-order valence-electron chi connectivity index (χ4n) is 1.19. The number of hydrogen-bond donors (Lipinski definition) is 9. The molecular weight excluding hydrogens is 631 g/mol. The summed E-state index contributed by atoms with van der Waals surface area (Å²) in [6.45, 7) is 4.33. The van der Waals surface area contributed by atoms with Crippen molar-refractivity contribution < 1.29 is 232 Å². The van der Waals surface area contributed by atoms with Crippen LogP contribution in [0.15, 0.2) is 0 Å². The number of carboxylic acids is 4. The van der Waals surface area contributed by atoms with Gasteiger partial charge in [0, 0.05) is 39.8 Å². The normalized spacial score (nSPS) is 14.5. The van der Waals surface area contributed by atoms with Crippen LogP contribution in [0, 0.1) is 0 Å². The zero-order valence-corrected chi connectivity index (χ0v) is 33.0. The molecule has 0 aliphatic heterocycles. The summed E-state index contributed by atoms with van der Waals surface area (Å²) in [6.07, 6.45) is 4.80. The standard InChI is InChI=1S/C6H14N2.4C2H4O2.3K.2H3O4P/c7-5-3-1-2-4-6(5)8;4*1-2(3)4;;;;2*1-5(2,3)4/h5-6H,1-4,7-8H2;4*1H3,(H,3,4);;;;2*(H3,1,2,3,4)/q;;;;;3*+1;;/p-3. The Kier molecular flexibility index (Phi) is 70.2. The number of carboxylic acid groups (broad SMARTS) is 4. The van der Waals surface area contributed by atoms with Crippen LogP contribution >= 0.6 is 15.6 Å². The minimum absolute atomic E-state index is 0. The Labute approximate surface area is 342 Å². The average Bonchev–Trinajstić information content (AvgIpc) is 2.44. The fraction of sp³-hybridized carbons (Fsp3) is 0.714. The molecular formula is C14H33K3N2O16P2. The molecule has 0 amide bonds. The molecule has 0 spiro atoms. The van der Waals surface area contributed by atoms with Crippen LogP contribution in [0.5, 0.6) is 0 Å². The zero-order chi connectivity index (χ0) is 29.3. The van der Waals surface area contributed by atoms with E-state index in [2.05, 4.69) is 0 Å². The Morgan fingerprint density at radius 3 is 0.757 bits per heavy atom. The number of hydrogen-bond acceptors (Lipinski definition) is 11. The van der Waals surface area contributed by atoms with E-state index in [0.717, 1.165) is 40.5 Å². The Bertz CT molecular complexity index is 538. The molecule has 1 aliphatic carbocycles. The van der Waals surface area contributed by atoms with Crippen molar-refractivity contribution in [1.29, 1.82) is 0 Å².